The molecule has 0 aliphatic carbocycles. The number of fused-ring (bicyclic) bond motifs is 1. The van der Waals surface area contributed by atoms with Crippen molar-refractivity contribution in [1.29, 1.82) is 0 Å². The van der Waals surface area contributed by atoms with Crippen LogP contribution in [0.5, 0.6) is 5.75 Å². The molecule has 4 rings (SSSR count). The van der Waals surface area contributed by atoms with Gasteiger partial charge in [-0.2, -0.15) is 9.50 Å². The van der Waals surface area contributed by atoms with Crippen molar-refractivity contribution in [3.05, 3.63) is 47.2 Å². The van der Waals surface area contributed by atoms with Crippen LogP contribution >= 0.6 is 0 Å². The Balaban J connectivity index is 1.70. The number of carboxylic acids is 1. The molecule has 140 valence electrons. The summed E-state index contributed by atoms with van der Waals surface area (Å²) in [6.07, 6.45) is 0.809. The summed E-state index contributed by atoms with van der Waals surface area (Å²) in [6.45, 7) is 3.16. The van der Waals surface area contributed by atoms with Crippen molar-refractivity contribution in [3.8, 4) is 5.75 Å². The van der Waals surface area contributed by atoms with Crippen LogP contribution in [0.25, 0.3) is 5.78 Å². The number of hydrogen-bond acceptors (Lipinski definition) is 6. The normalized spacial score (nSPS) is 16.9. The Labute approximate surface area is 154 Å². The molecular formula is C18H18FN5O3. The third kappa shape index (κ3) is 2.94. The molecule has 0 bridgehead atoms. The smallest absolute Gasteiger partial charge is 0.375 e. The number of anilines is 1. The molecule has 1 fully saturated rings. The summed E-state index contributed by atoms with van der Waals surface area (Å²) in [5.41, 5.74) is 1.54. The minimum Gasteiger partial charge on any atom is -0.493 e. The maximum absolute atomic E-state index is 14.0. The Kier molecular flexibility index (Phi) is 4.14. The van der Waals surface area contributed by atoms with E-state index in [9.17, 15) is 9.18 Å². The quantitative estimate of drug-likeness (QED) is 0.752. The van der Waals surface area contributed by atoms with Gasteiger partial charge in [-0.15, -0.1) is 5.10 Å². The fraction of sp³-hybridized carbons (Fsp3) is 0.333. The molecule has 3 aromatic rings. The van der Waals surface area contributed by atoms with E-state index in [-0.39, 0.29) is 29.1 Å². The van der Waals surface area contributed by atoms with Gasteiger partial charge in [0.05, 0.1) is 7.11 Å². The van der Waals surface area contributed by atoms with Gasteiger partial charge < -0.3 is 14.7 Å². The van der Waals surface area contributed by atoms with Crippen LogP contribution in [0.3, 0.4) is 0 Å². The van der Waals surface area contributed by atoms with Crippen molar-refractivity contribution >= 4 is 17.6 Å². The van der Waals surface area contributed by atoms with Crippen LogP contribution in [0, 0.1) is 12.7 Å². The van der Waals surface area contributed by atoms with Gasteiger partial charge in [0.25, 0.3) is 11.6 Å². The van der Waals surface area contributed by atoms with Crippen molar-refractivity contribution in [1.82, 2.24) is 19.6 Å². The highest BCUT2D eigenvalue weighted by Gasteiger charge is 2.29. The Morgan fingerprint density at radius 3 is 2.93 bits per heavy atom. The maximum atomic E-state index is 14.0. The summed E-state index contributed by atoms with van der Waals surface area (Å²) in [4.78, 5) is 21.5. The third-order valence-corrected chi connectivity index (χ3v) is 4.77. The summed E-state index contributed by atoms with van der Waals surface area (Å²) in [5, 5.41) is 13.2. The van der Waals surface area contributed by atoms with Gasteiger partial charge in [-0.05, 0) is 19.4 Å². The highest BCUT2D eigenvalue weighted by Crippen LogP contribution is 2.36. The predicted molar refractivity (Wildman–Crippen MR) is 95.0 cm³/mol. The minimum atomic E-state index is -1.20. The summed E-state index contributed by atoms with van der Waals surface area (Å²) in [5.74, 6) is -0.553. The van der Waals surface area contributed by atoms with Crippen LogP contribution in [0.2, 0.25) is 0 Å². The Hall–Kier alpha value is -3.23. The van der Waals surface area contributed by atoms with Crippen LogP contribution in [0.4, 0.5) is 10.2 Å². The average Bonchev–Trinajstić information content (AvgIpc) is 3.28. The number of methoxy groups -OCH3 is 1. The molecule has 27 heavy (non-hydrogen) atoms. The molecule has 1 N–H and O–H groups in total. The van der Waals surface area contributed by atoms with E-state index < -0.39 is 5.97 Å². The molecule has 1 atom stereocenters. The SMILES string of the molecule is COc1c(F)cccc1C1CCN(c2cc(C)nc3nc(C(=O)O)nn23)C1. The fourth-order valence-electron chi connectivity index (χ4n) is 3.57. The van der Waals surface area contributed by atoms with E-state index in [4.69, 9.17) is 9.84 Å². The second-order valence-corrected chi connectivity index (χ2v) is 6.50. The van der Waals surface area contributed by atoms with E-state index in [1.54, 1.807) is 6.07 Å². The fourth-order valence-corrected chi connectivity index (χ4v) is 3.57. The number of carboxylic acid groups (broad SMARTS) is 1. The minimum absolute atomic E-state index is 0.0848. The molecule has 1 aliphatic heterocycles. The lowest BCUT2D eigenvalue weighted by atomic mass is 9.97. The zero-order valence-electron chi connectivity index (χ0n) is 14.9. The molecule has 3 heterocycles. The number of carbonyl (C=O) groups is 1. The summed E-state index contributed by atoms with van der Waals surface area (Å²) >= 11 is 0. The van der Waals surface area contributed by atoms with Crippen molar-refractivity contribution in [2.24, 2.45) is 0 Å². The number of para-hydroxylation sites is 1. The van der Waals surface area contributed by atoms with E-state index >= 15 is 0 Å². The number of aryl methyl sites for hydroxylation is 1. The van der Waals surface area contributed by atoms with Gasteiger partial charge in [0, 0.05) is 36.3 Å². The predicted octanol–water partition coefficient (Wildman–Crippen LogP) is 2.27. The lowest BCUT2D eigenvalue weighted by molar-refractivity contribution is 0.0684. The number of nitrogens with zero attached hydrogens (tertiary/aromatic N) is 5. The highest BCUT2D eigenvalue weighted by atomic mass is 19.1. The topological polar surface area (TPSA) is 92.8 Å². The number of halogens is 1. The second kappa shape index (κ2) is 6.49. The van der Waals surface area contributed by atoms with Gasteiger partial charge in [-0.25, -0.2) is 14.2 Å². The first-order chi connectivity index (χ1) is 13.0. The molecule has 8 nitrogen and oxygen atoms in total. The van der Waals surface area contributed by atoms with E-state index in [0.717, 1.165) is 17.8 Å². The van der Waals surface area contributed by atoms with Crippen LogP contribution in [0.15, 0.2) is 24.3 Å². The highest BCUT2D eigenvalue weighted by molar-refractivity contribution is 5.83. The van der Waals surface area contributed by atoms with Crippen LogP contribution in [-0.2, 0) is 0 Å². The lowest BCUT2D eigenvalue weighted by Gasteiger charge is -2.20. The van der Waals surface area contributed by atoms with Crippen molar-refractivity contribution in [3.63, 3.8) is 0 Å². The van der Waals surface area contributed by atoms with Gasteiger partial charge >= 0.3 is 5.97 Å². The maximum Gasteiger partial charge on any atom is 0.375 e. The average molecular weight is 371 g/mol. The molecule has 1 saturated heterocycles. The zero-order chi connectivity index (χ0) is 19.1. The summed E-state index contributed by atoms with van der Waals surface area (Å²) in [7, 11) is 1.47. The van der Waals surface area contributed by atoms with Gasteiger partial charge in [0.15, 0.2) is 11.6 Å². The van der Waals surface area contributed by atoms with Crippen molar-refractivity contribution < 1.29 is 19.0 Å². The zero-order valence-corrected chi connectivity index (χ0v) is 14.9. The van der Waals surface area contributed by atoms with E-state index in [1.165, 1.54) is 17.7 Å². The van der Waals surface area contributed by atoms with Gasteiger partial charge in [0.2, 0.25) is 0 Å². The molecule has 0 spiro atoms. The lowest BCUT2D eigenvalue weighted by Crippen LogP contribution is -2.23. The number of hydrogen-bond donors (Lipinski definition) is 1. The molecule has 1 aromatic carbocycles. The molecular weight excluding hydrogens is 353 g/mol. The number of ether oxygens (including phenoxy) is 1. The Bertz CT molecular complexity index is 1040. The molecule has 1 aliphatic rings. The summed E-state index contributed by atoms with van der Waals surface area (Å²) in [6, 6.07) is 6.79. The largest absolute Gasteiger partial charge is 0.493 e. The van der Waals surface area contributed by atoms with Crippen LogP contribution in [0.1, 0.15) is 34.2 Å². The first-order valence-electron chi connectivity index (χ1n) is 8.53. The van der Waals surface area contributed by atoms with Gasteiger partial charge in [0.1, 0.15) is 5.82 Å². The second-order valence-electron chi connectivity index (χ2n) is 6.50. The van der Waals surface area contributed by atoms with Crippen molar-refractivity contribution in [2.45, 2.75) is 19.3 Å². The number of rotatable bonds is 4. The van der Waals surface area contributed by atoms with Crippen molar-refractivity contribution in [2.75, 3.05) is 25.1 Å². The number of aromatic nitrogens is 4. The molecule has 9 heteroatoms. The first-order valence-corrected chi connectivity index (χ1v) is 8.53. The van der Waals surface area contributed by atoms with Crippen LogP contribution < -0.4 is 9.64 Å². The van der Waals surface area contributed by atoms with E-state index in [0.29, 0.717) is 18.8 Å². The third-order valence-electron chi connectivity index (χ3n) is 4.77. The molecule has 0 radical (unpaired) electrons. The van der Waals surface area contributed by atoms with Gasteiger partial charge in [-0.1, -0.05) is 12.1 Å². The molecule has 1 unspecified atom stereocenters. The molecule has 0 amide bonds. The number of benzene rings is 1. The number of aromatic carboxylic acids is 1. The summed E-state index contributed by atoms with van der Waals surface area (Å²) < 4.78 is 20.7. The van der Waals surface area contributed by atoms with E-state index in [2.05, 4.69) is 20.0 Å². The first kappa shape index (κ1) is 17.2. The Morgan fingerprint density at radius 1 is 1.37 bits per heavy atom. The molecule has 0 saturated carbocycles. The standard InChI is InChI=1S/C18H18FN5O3/c1-10-8-14(24-18(20-10)21-16(22-24)17(25)26)23-7-6-11(9-23)12-4-3-5-13(19)15(12)27-2/h3-5,8,11H,6-7,9H2,1-2H3,(H,25,26). The monoisotopic (exact) mass is 371 g/mol. The Morgan fingerprint density at radius 2 is 2.19 bits per heavy atom. The van der Waals surface area contributed by atoms with E-state index in [1.807, 2.05) is 19.1 Å². The van der Waals surface area contributed by atoms with Gasteiger partial charge in [-0.3, -0.25) is 0 Å². The molecule has 2 aromatic heterocycles. The van der Waals surface area contributed by atoms with Crippen LogP contribution in [-0.4, -0.2) is 50.9 Å².